The average Bonchev–Trinajstić information content (AvgIpc) is 2.86. The van der Waals surface area contributed by atoms with Crippen LogP contribution in [0.3, 0.4) is 0 Å². The van der Waals surface area contributed by atoms with Gasteiger partial charge in [-0.3, -0.25) is 9.59 Å². The first-order chi connectivity index (χ1) is 16.6. The van der Waals surface area contributed by atoms with Crippen molar-refractivity contribution in [3.05, 3.63) is 35.9 Å². The number of carbonyl (C=O) groups is 3. The summed E-state index contributed by atoms with van der Waals surface area (Å²) in [6.45, 7) is 6.12. The van der Waals surface area contributed by atoms with Crippen molar-refractivity contribution in [1.29, 1.82) is 0 Å². The third-order valence-corrected chi connectivity index (χ3v) is 4.82. The van der Waals surface area contributed by atoms with Gasteiger partial charge in [-0.1, -0.05) is 18.2 Å². The minimum absolute atomic E-state index is 0.0201. The summed E-state index contributed by atoms with van der Waals surface area (Å²) >= 11 is 0. The van der Waals surface area contributed by atoms with E-state index in [9.17, 15) is 14.4 Å². The molecule has 0 aromatic heterocycles. The molecule has 2 rings (SSSR count). The first-order valence-electron chi connectivity index (χ1n) is 11.4. The van der Waals surface area contributed by atoms with E-state index < -0.39 is 5.97 Å². The van der Waals surface area contributed by atoms with Crippen LogP contribution in [0.15, 0.2) is 30.3 Å². The van der Waals surface area contributed by atoms with Gasteiger partial charge < -0.3 is 34.0 Å². The van der Waals surface area contributed by atoms with Gasteiger partial charge in [0.2, 0.25) is 5.91 Å². The van der Waals surface area contributed by atoms with E-state index in [2.05, 4.69) is 10.8 Å². The lowest BCUT2D eigenvalue weighted by Crippen LogP contribution is -2.54. The Balaban J connectivity index is 1.36. The molecule has 1 aliphatic rings. The van der Waals surface area contributed by atoms with Gasteiger partial charge >= 0.3 is 11.9 Å². The molecule has 1 saturated heterocycles. The number of amides is 1. The summed E-state index contributed by atoms with van der Waals surface area (Å²) in [5.41, 5.74) is 3.04. The van der Waals surface area contributed by atoms with Crippen molar-refractivity contribution in [3.63, 3.8) is 0 Å². The summed E-state index contributed by atoms with van der Waals surface area (Å²) in [6.07, 6.45) is 0.297. The topological polar surface area (TPSA) is 125 Å². The van der Waals surface area contributed by atoms with Gasteiger partial charge in [0.15, 0.2) is 0 Å². The summed E-state index contributed by atoms with van der Waals surface area (Å²) in [5.74, 6) is -0.750. The minimum Gasteiger partial charge on any atom is -0.464 e. The number of nitrogens with zero attached hydrogens (tertiary/aromatic N) is 1. The number of hydrogen-bond acceptors (Lipinski definition) is 10. The summed E-state index contributed by atoms with van der Waals surface area (Å²) in [4.78, 5) is 41.6. The van der Waals surface area contributed by atoms with Crippen LogP contribution in [-0.4, -0.2) is 101 Å². The van der Waals surface area contributed by atoms with Crippen molar-refractivity contribution in [3.8, 4) is 0 Å². The van der Waals surface area contributed by atoms with E-state index in [1.54, 1.807) is 29.2 Å². The van der Waals surface area contributed by atoms with Crippen LogP contribution >= 0.6 is 0 Å². The molecule has 0 bridgehead atoms. The highest BCUT2D eigenvalue weighted by Crippen LogP contribution is 2.03. The van der Waals surface area contributed by atoms with E-state index in [0.717, 1.165) is 0 Å². The maximum Gasteiger partial charge on any atom is 0.356 e. The molecule has 1 heterocycles. The van der Waals surface area contributed by atoms with E-state index in [1.165, 1.54) is 6.92 Å². The first kappa shape index (κ1) is 27.7. The van der Waals surface area contributed by atoms with Crippen LogP contribution in [0.25, 0.3) is 0 Å². The predicted molar refractivity (Wildman–Crippen MR) is 122 cm³/mol. The molecule has 1 unspecified atom stereocenters. The Kier molecular flexibility index (Phi) is 13.8. The molecule has 2 N–H and O–H groups in total. The van der Waals surface area contributed by atoms with Crippen molar-refractivity contribution >= 4 is 17.8 Å². The third kappa shape index (κ3) is 12.1. The molecule has 1 amide bonds. The zero-order valence-electron chi connectivity index (χ0n) is 19.7. The molecule has 1 aliphatic heterocycles. The molecule has 190 valence electrons. The SMILES string of the molecule is CC(=O)OCC1CN(C(=O)CCOCCOCCOCCNOC(=O)c2ccccc2)CCN1. The van der Waals surface area contributed by atoms with Crippen molar-refractivity contribution in [1.82, 2.24) is 15.7 Å². The zero-order valence-corrected chi connectivity index (χ0v) is 19.7. The first-order valence-corrected chi connectivity index (χ1v) is 11.4. The Morgan fingerprint density at radius 3 is 2.38 bits per heavy atom. The van der Waals surface area contributed by atoms with E-state index >= 15 is 0 Å². The zero-order chi connectivity index (χ0) is 24.4. The standard InChI is InChI=1S/C23H35N3O8/c1-19(27)33-18-21-17-26(10-8-24-21)22(28)7-11-30-13-15-32-16-14-31-12-9-25-34-23(29)20-5-3-2-4-6-20/h2-6,21,24-25H,7-18H2,1H3. The molecule has 34 heavy (non-hydrogen) atoms. The number of benzene rings is 1. The summed E-state index contributed by atoms with van der Waals surface area (Å²) < 4.78 is 21.3. The summed E-state index contributed by atoms with van der Waals surface area (Å²) in [6, 6.07) is 8.67. The van der Waals surface area contributed by atoms with Gasteiger partial charge in [0.05, 0.1) is 64.2 Å². The Morgan fingerprint density at radius 1 is 1.00 bits per heavy atom. The molecule has 0 radical (unpaired) electrons. The normalized spacial score (nSPS) is 15.7. The fourth-order valence-electron chi connectivity index (χ4n) is 3.10. The van der Waals surface area contributed by atoms with Crippen LogP contribution < -0.4 is 10.8 Å². The van der Waals surface area contributed by atoms with Crippen molar-refractivity contribution in [2.45, 2.75) is 19.4 Å². The number of piperazine rings is 1. The second-order valence-electron chi connectivity index (χ2n) is 7.53. The van der Waals surface area contributed by atoms with Crippen LogP contribution in [0, 0.1) is 0 Å². The Hall–Kier alpha value is -2.57. The predicted octanol–water partition coefficient (Wildman–Crippen LogP) is 0.151. The highest BCUT2D eigenvalue weighted by molar-refractivity contribution is 5.89. The molecule has 0 saturated carbocycles. The van der Waals surface area contributed by atoms with Gasteiger partial charge in [0.1, 0.15) is 6.61 Å². The molecule has 11 nitrogen and oxygen atoms in total. The van der Waals surface area contributed by atoms with E-state index in [0.29, 0.717) is 77.8 Å². The quantitative estimate of drug-likeness (QED) is 0.192. The Bertz CT molecular complexity index is 734. The second kappa shape index (κ2) is 17.0. The maximum absolute atomic E-state index is 12.3. The molecule has 11 heteroatoms. The van der Waals surface area contributed by atoms with Gasteiger partial charge in [0, 0.05) is 26.6 Å². The number of nitrogens with one attached hydrogen (secondary N) is 2. The molecule has 1 atom stereocenters. The van der Waals surface area contributed by atoms with Crippen LogP contribution in [0.5, 0.6) is 0 Å². The van der Waals surface area contributed by atoms with Crippen LogP contribution in [0.2, 0.25) is 0 Å². The maximum atomic E-state index is 12.3. The van der Waals surface area contributed by atoms with Crippen molar-refractivity contribution in [2.24, 2.45) is 0 Å². The summed E-state index contributed by atoms with van der Waals surface area (Å²) in [7, 11) is 0. The monoisotopic (exact) mass is 481 g/mol. The largest absolute Gasteiger partial charge is 0.464 e. The lowest BCUT2D eigenvalue weighted by Gasteiger charge is -2.33. The van der Waals surface area contributed by atoms with Gasteiger partial charge in [-0.25, -0.2) is 4.79 Å². The number of hydroxylamine groups is 1. The van der Waals surface area contributed by atoms with Gasteiger partial charge in [-0.2, -0.15) is 5.48 Å². The number of rotatable bonds is 16. The second-order valence-corrected chi connectivity index (χ2v) is 7.53. The lowest BCUT2D eigenvalue weighted by molar-refractivity contribution is -0.142. The molecule has 1 aromatic rings. The van der Waals surface area contributed by atoms with Crippen LogP contribution in [-0.2, 0) is 33.4 Å². The van der Waals surface area contributed by atoms with Gasteiger partial charge in [-0.05, 0) is 12.1 Å². The van der Waals surface area contributed by atoms with Crippen LogP contribution in [0.1, 0.15) is 23.7 Å². The van der Waals surface area contributed by atoms with Crippen molar-refractivity contribution < 1.29 is 38.2 Å². The third-order valence-electron chi connectivity index (χ3n) is 4.82. The number of esters is 1. The molecular formula is C23H35N3O8. The van der Waals surface area contributed by atoms with E-state index in [4.69, 9.17) is 23.8 Å². The molecule has 1 aromatic carbocycles. The Morgan fingerprint density at radius 2 is 1.68 bits per heavy atom. The average molecular weight is 482 g/mol. The number of carbonyl (C=O) groups excluding carboxylic acids is 3. The fraction of sp³-hybridized carbons (Fsp3) is 0.609. The van der Waals surface area contributed by atoms with Gasteiger partial charge in [0.25, 0.3) is 0 Å². The molecule has 1 fully saturated rings. The highest BCUT2D eigenvalue weighted by atomic mass is 16.7. The van der Waals surface area contributed by atoms with Crippen molar-refractivity contribution in [2.75, 3.05) is 72.4 Å². The lowest BCUT2D eigenvalue weighted by atomic mass is 10.2. The highest BCUT2D eigenvalue weighted by Gasteiger charge is 2.23. The smallest absolute Gasteiger partial charge is 0.356 e. The van der Waals surface area contributed by atoms with Crippen LogP contribution in [0.4, 0.5) is 0 Å². The molecular weight excluding hydrogens is 446 g/mol. The summed E-state index contributed by atoms with van der Waals surface area (Å²) in [5, 5.41) is 3.23. The van der Waals surface area contributed by atoms with E-state index in [1.807, 2.05) is 6.07 Å². The van der Waals surface area contributed by atoms with E-state index in [-0.39, 0.29) is 24.5 Å². The number of ether oxygens (including phenoxy) is 4. The Labute approximate surface area is 199 Å². The minimum atomic E-state index is -0.443. The molecule has 0 aliphatic carbocycles. The fourth-order valence-corrected chi connectivity index (χ4v) is 3.10. The molecule has 0 spiro atoms. The number of hydrogen-bond donors (Lipinski definition) is 2. The van der Waals surface area contributed by atoms with Gasteiger partial charge in [-0.15, -0.1) is 0 Å².